The Kier molecular flexibility index (Phi) is 5.98. The first-order chi connectivity index (χ1) is 14.2. The van der Waals surface area contributed by atoms with Crippen molar-refractivity contribution in [1.29, 1.82) is 5.26 Å². The molecule has 1 heterocycles. The zero-order valence-electron chi connectivity index (χ0n) is 14.8. The lowest BCUT2D eigenvalue weighted by Crippen LogP contribution is -2.16. The van der Waals surface area contributed by atoms with Crippen LogP contribution in [-0.2, 0) is 6.18 Å². The minimum Gasteiger partial charge on any atom is -0.290 e. The third-order valence-electron chi connectivity index (χ3n) is 3.88. The molecular formula is C19H10BrF4N5O. The van der Waals surface area contributed by atoms with Gasteiger partial charge in [-0.15, -0.1) is 0 Å². The van der Waals surface area contributed by atoms with Crippen molar-refractivity contribution in [3.05, 3.63) is 79.8 Å². The first kappa shape index (κ1) is 21.2. The average Bonchev–Trinajstić information content (AvgIpc) is 2.70. The van der Waals surface area contributed by atoms with Gasteiger partial charge in [-0.05, 0) is 28.1 Å². The van der Waals surface area contributed by atoms with Gasteiger partial charge in [-0.1, -0.05) is 30.3 Å². The van der Waals surface area contributed by atoms with Crippen LogP contribution in [-0.4, -0.2) is 16.2 Å². The van der Waals surface area contributed by atoms with Crippen LogP contribution in [0.3, 0.4) is 0 Å². The summed E-state index contributed by atoms with van der Waals surface area (Å²) >= 11 is 2.83. The van der Waals surface area contributed by atoms with Crippen LogP contribution in [0.2, 0.25) is 0 Å². The van der Waals surface area contributed by atoms with E-state index >= 15 is 0 Å². The zero-order chi connectivity index (χ0) is 21.9. The second kappa shape index (κ2) is 8.46. The molecule has 0 spiro atoms. The summed E-state index contributed by atoms with van der Waals surface area (Å²) in [6.07, 6.45) is -4.17. The molecule has 2 N–H and O–H groups in total. The Hall–Kier alpha value is -3.52. The third-order valence-corrected chi connectivity index (χ3v) is 4.49. The SMILES string of the molecule is N#Cc1c(-c2ccccc2)nc(NN=Cc2c(C(F)(F)F)ccc(Br)c2F)[nH]c1=O. The predicted molar refractivity (Wildman–Crippen MR) is 105 cm³/mol. The molecular weight excluding hydrogens is 470 g/mol. The summed E-state index contributed by atoms with van der Waals surface area (Å²) in [5.41, 5.74) is -0.236. The molecule has 11 heteroatoms. The third kappa shape index (κ3) is 4.38. The fourth-order valence-corrected chi connectivity index (χ4v) is 2.88. The molecule has 152 valence electrons. The Balaban J connectivity index is 1.99. The molecule has 1 aromatic heterocycles. The molecule has 3 rings (SSSR count). The van der Waals surface area contributed by atoms with Crippen LogP contribution in [0.15, 0.2) is 56.8 Å². The highest BCUT2D eigenvalue weighted by Gasteiger charge is 2.34. The monoisotopic (exact) mass is 479 g/mol. The van der Waals surface area contributed by atoms with Crippen molar-refractivity contribution in [1.82, 2.24) is 9.97 Å². The van der Waals surface area contributed by atoms with Crippen molar-refractivity contribution >= 4 is 28.1 Å². The van der Waals surface area contributed by atoms with Gasteiger partial charge in [-0.3, -0.25) is 9.78 Å². The summed E-state index contributed by atoms with van der Waals surface area (Å²) in [5.74, 6) is -1.39. The van der Waals surface area contributed by atoms with E-state index in [4.69, 9.17) is 0 Å². The normalized spacial score (nSPS) is 11.5. The van der Waals surface area contributed by atoms with Gasteiger partial charge in [0.25, 0.3) is 5.56 Å². The Bertz CT molecular complexity index is 1220. The fraction of sp³-hybridized carbons (Fsp3) is 0.0526. The molecule has 0 unspecified atom stereocenters. The smallest absolute Gasteiger partial charge is 0.290 e. The number of halogens is 5. The van der Waals surface area contributed by atoms with Gasteiger partial charge in [-0.25, -0.2) is 14.8 Å². The molecule has 0 radical (unpaired) electrons. The Morgan fingerprint density at radius 2 is 1.90 bits per heavy atom. The van der Waals surface area contributed by atoms with Crippen molar-refractivity contribution in [2.24, 2.45) is 5.10 Å². The first-order valence-electron chi connectivity index (χ1n) is 8.16. The van der Waals surface area contributed by atoms with E-state index in [9.17, 15) is 27.6 Å². The molecule has 0 fully saturated rings. The highest BCUT2D eigenvalue weighted by molar-refractivity contribution is 9.10. The molecule has 0 aliphatic rings. The van der Waals surface area contributed by atoms with E-state index < -0.39 is 28.7 Å². The van der Waals surface area contributed by atoms with Crippen molar-refractivity contribution in [3.8, 4) is 17.3 Å². The number of nitrogens with one attached hydrogen (secondary N) is 2. The van der Waals surface area contributed by atoms with Crippen molar-refractivity contribution in [3.63, 3.8) is 0 Å². The quantitative estimate of drug-likeness (QED) is 0.322. The second-order valence-corrected chi connectivity index (χ2v) is 6.66. The Morgan fingerprint density at radius 3 is 2.53 bits per heavy atom. The van der Waals surface area contributed by atoms with Crippen LogP contribution in [0.1, 0.15) is 16.7 Å². The number of H-pyrrole nitrogens is 1. The molecule has 0 aliphatic heterocycles. The topological polar surface area (TPSA) is 93.9 Å². The van der Waals surface area contributed by atoms with E-state index in [0.29, 0.717) is 17.8 Å². The maximum atomic E-state index is 14.2. The Labute approximate surface area is 175 Å². The molecule has 0 saturated heterocycles. The number of nitriles is 1. The van der Waals surface area contributed by atoms with Gasteiger partial charge >= 0.3 is 6.18 Å². The van der Waals surface area contributed by atoms with E-state index in [2.05, 4.69) is 36.4 Å². The minimum atomic E-state index is -4.80. The number of hydrogen-bond acceptors (Lipinski definition) is 5. The molecule has 0 atom stereocenters. The van der Waals surface area contributed by atoms with Crippen molar-refractivity contribution < 1.29 is 17.6 Å². The van der Waals surface area contributed by atoms with E-state index in [0.717, 1.165) is 6.07 Å². The van der Waals surface area contributed by atoms with E-state index in [1.165, 1.54) is 0 Å². The summed E-state index contributed by atoms with van der Waals surface area (Å²) in [5, 5.41) is 12.8. The highest BCUT2D eigenvalue weighted by atomic mass is 79.9. The molecule has 30 heavy (non-hydrogen) atoms. The number of rotatable bonds is 4. The summed E-state index contributed by atoms with van der Waals surface area (Å²) in [4.78, 5) is 18.5. The maximum Gasteiger partial charge on any atom is 0.417 e. The lowest BCUT2D eigenvalue weighted by molar-refractivity contribution is -0.137. The standard InChI is InChI=1S/C19H10BrF4N5O/c20-14-7-6-13(19(22,23)24)12(15(14)21)9-26-29-18-27-16(10-4-2-1-3-5-10)11(8-25)17(30)28-18/h1-7,9H,(H2,27,28,29,30). The number of nitrogens with zero attached hydrogens (tertiary/aromatic N) is 3. The number of hydrazone groups is 1. The van der Waals surface area contributed by atoms with Crippen LogP contribution < -0.4 is 11.0 Å². The average molecular weight is 480 g/mol. The van der Waals surface area contributed by atoms with Crippen LogP contribution in [0.4, 0.5) is 23.5 Å². The molecule has 0 bridgehead atoms. The molecule has 0 aliphatic carbocycles. The molecule has 2 aromatic carbocycles. The second-order valence-electron chi connectivity index (χ2n) is 5.81. The number of anilines is 1. The van der Waals surface area contributed by atoms with Gasteiger partial charge in [0, 0.05) is 11.1 Å². The number of hydrogen-bond donors (Lipinski definition) is 2. The van der Waals surface area contributed by atoms with Crippen LogP contribution in [0.25, 0.3) is 11.3 Å². The predicted octanol–water partition coefficient (Wildman–Crippen LogP) is 4.67. The number of alkyl halides is 3. The molecule has 3 aromatic rings. The Morgan fingerprint density at radius 1 is 1.20 bits per heavy atom. The summed E-state index contributed by atoms with van der Waals surface area (Å²) in [7, 11) is 0. The van der Waals surface area contributed by atoms with Gasteiger partial charge < -0.3 is 0 Å². The van der Waals surface area contributed by atoms with Crippen LogP contribution >= 0.6 is 15.9 Å². The van der Waals surface area contributed by atoms with Crippen molar-refractivity contribution in [2.75, 3.05) is 5.43 Å². The number of aromatic amines is 1. The van der Waals surface area contributed by atoms with Crippen LogP contribution in [0.5, 0.6) is 0 Å². The molecule has 6 nitrogen and oxygen atoms in total. The number of aromatic nitrogens is 2. The van der Waals surface area contributed by atoms with Crippen LogP contribution in [0, 0.1) is 17.1 Å². The van der Waals surface area contributed by atoms with Crippen molar-refractivity contribution in [2.45, 2.75) is 6.18 Å². The first-order valence-corrected chi connectivity index (χ1v) is 8.95. The van der Waals surface area contributed by atoms with Gasteiger partial charge in [0.1, 0.15) is 17.4 Å². The largest absolute Gasteiger partial charge is 0.417 e. The lowest BCUT2D eigenvalue weighted by Gasteiger charge is -2.11. The van der Waals surface area contributed by atoms with Gasteiger partial charge in [0.05, 0.1) is 21.9 Å². The molecule has 0 amide bonds. The summed E-state index contributed by atoms with van der Waals surface area (Å²) in [6, 6.07) is 11.8. The van der Waals surface area contributed by atoms with E-state index in [1.54, 1.807) is 36.4 Å². The zero-order valence-corrected chi connectivity index (χ0v) is 16.3. The van der Waals surface area contributed by atoms with Gasteiger partial charge in [-0.2, -0.15) is 23.5 Å². The summed E-state index contributed by atoms with van der Waals surface area (Å²) in [6.45, 7) is 0. The van der Waals surface area contributed by atoms with E-state index in [1.807, 2.05) is 0 Å². The lowest BCUT2D eigenvalue weighted by atomic mass is 10.1. The number of benzene rings is 2. The fourth-order valence-electron chi connectivity index (χ4n) is 2.53. The van der Waals surface area contributed by atoms with Gasteiger partial charge in [0.2, 0.25) is 5.95 Å². The highest BCUT2D eigenvalue weighted by Crippen LogP contribution is 2.34. The van der Waals surface area contributed by atoms with E-state index in [-0.39, 0.29) is 21.7 Å². The summed E-state index contributed by atoms with van der Waals surface area (Å²) < 4.78 is 53.4. The van der Waals surface area contributed by atoms with Gasteiger partial charge in [0.15, 0.2) is 0 Å². The maximum absolute atomic E-state index is 14.2. The molecule has 0 saturated carbocycles. The minimum absolute atomic E-state index is 0.0594.